The highest BCUT2D eigenvalue weighted by atomic mass is 32.2. The maximum atomic E-state index is 11.4. The first-order valence-electron chi connectivity index (χ1n) is 5.57. The van der Waals surface area contributed by atoms with Crippen molar-refractivity contribution in [2.24, 2.45) is 0 Å². The zero-order valence-electron chi connectivity index (χ0n) is 11.0. The number of anilines is 1. The average Bonchev–Trinajstić information content (AvgIpc) is 2.69. The van der Waals surface area contributed by atoms with Crippen molar-refractivity contribution in [3.8, 4) is 0 Å². The van der Waals surface area contributed by atoms with Gasteiger partial charge >= 0.3 is 5.97 Å². The fourth-order valence-corrected chi connectivity index (χ4v) is 2.66. The van der Waals surface area contributed by atoms with Crippen LogP contribution in [0.25, 0.3) is 0 Å². The van der Waals surface area contributed by atoms with Gasteiger partial charge in [-0.3, -0.25) is 4.21 Å². The van der Waals surface area contributed by atoms with E-state index in [0.717, 1.165) is 6.42 Å². The molecule has 0 aliphatic rings. The van der Waals surface area contributed by atoms with Crippen LogP contribution in [0.1, 0.15) is 28.7 Å². The Bertz CT molecular complexity index is 445. The molecule has 0 radical (unpaired) electrons. The van der Waals surface area contributed by atoms with Crippen LogP contribution in [-0.4, -0.2) is 40.3 Å². The molecule has 0 aliphatic heterocycles. The molecule has 0 aliphatic carbocycles. The number of rotatable bonds is 6. The lowest BCUT2D eigenvalue weighted by Crippen LogP contribution is -2.14. The summed E-state index contributed by atoms with van der Waals surface area (Å²) in [6.07, 6.45) is 2.50. The molecule has 2 atom stereocenters. The third-order valence-electron chi connectivity index (χ3n) is 2.56. The number of ether oxygens (including phenoxy) is 1. The quantitative estimate of drug-likeness (QED) is 0.809. The summed E-state index contributed by atoms with van der Waals surface area (Å²) >= 11 is 1.28. The molecule has 0 amide bonds. The van der Waals surface area contributed by atoms with Crippen LogP contribution in [0.5, 0.6) is 0 Å². The maximum absolute atomic E-state index is 11.4. The van der Waals surface area contributed by atoms with Crippen molar-refractivity contribution in [3.05, 3.63) is 10.6 Å². The fraction of sp³-hybridized carbons (Fsp3) is 0.636. The molecular formula is C11H18N2O3S2. The monoisotopic (exact) mass is 290 g/mol. The van der Waals surface area contributed by atoms with Gasteiger partial charge < -0.3 is 10.1 Å². The second kappa shape index (κ2) is 6.84. The number of methoxy groups -OCH3 is 1. The molecule has 0 aromatic carbocycles. The van der Waals surface area contributed by atoms with Crippen LogP contribution in [0.15, 0.2) is 0 Å². The van der Waals surface area contributed by atoms with Gasteiger partial charge in [-0.25, -0.2) is 9.78 Å². The van der Waals surface area contributed by atoms with Gasteiger partial charge in [-0.15, -0.1) is 0 Å². The second-order valence-electron chi connectivity index (χ2n) is 3.95. The Balaban J connectivity index is 2.54. The lowest BCUT2D eigenvalue weighted by Gasteiger charge is -2.07. The molecule has 18 heavy (non-hydrogen) atoms. The highest BCUT2D eigenvalue weighted by molar-refractivity contribution is 7.84. The van der Waals surface area contributed by atoms with Crippen LogP contribution >= 0.6 is 11.3 Å². The Hall–Kier alpha value is -0.950. The normalized spacial score (nSPS) is 14.0. The molecule has 0 saturated heterocycles. The number of aryl methyl sites for hydroxylation is 1. The summed E-state index contributed by atoms with van der Waals surface area (Å²) in [7, 11) is 0.547. The van der Waals surface area contributed by atoms with E-state index in [1.54, 1.807) is 13.2 Å². The van der Waals surface area contributed by atoms with Crippen molar-refractivity contribution in [1.29, 1.82) is 0 Å². The summed E-state index contributed by atoms with van der Waals surface area (Å²) < 4.78 is 15.8. The molecule has 1 N–H and O–H groups in total. The third-order valence-corrected chi connectivity index (χ3v) is 5.03. The Morgan fingerprint density at radius 2 is 2.28 bits per heavy atom. The predicted molar refractivity (Wildman–Crippen MR) is 74.8 cm³/mol. The lowest BCUT2D eigenvalue weighted by molar-refractivity contribution is 0.0605. The summed E-state index contributed by atoms with van der Waals surface area (Å²) in [5, 5.41) is 3.98. The smallest absolute Gasteiger partial charge is 0.350 e. The van der Waals surface area contributed by atoms with E-state index in [1.807, 2.05) is 6.92 Å². The van der Waals surface area contributed by atoms with Crippen LogP contribution in [-0.2, 0) is 15.5 Å². The highest BCUT2D eigenvalue weighted by Gasteiger charge is 2.15. The van der Waals surface area contributed by atoms with Crippen LogP contribution in [0.2, 0.25) is 0 Å². The first kappa shape index (κ1) is 15.1. The van der Waals surface area contributed by atoms with E-state index in [-0.39, 0.29) is 11.2 Å². The molecule has 1 aromatic heterocycles. The van der Waals surface area contributed by atoms with Crippen molar-refractivity contribution < 1.29 is 13.7 Å². The molecule has 1 rings (SSSR count). The molecule has 0 saturated carbocycles. The largest absolute Gasteiger partial charge is 0.465 e. The molecule has 1 aromatic rings. The van der Waals surface area contributed by atoms with Gasteiger partial charge in [0.05, 0.1) is 12.8 Å². The number of esters is 1. The van der Waals surface area contributed by atoms with Gasteiger partial charge in [-0.1, -0.05) is 18.3 Å². The van der Waals surface area contributed by atoms with Gasteiger partial charge in [-0.05, 0) is 13.3 Å². The van der Waals surface area contributed by atoms with E-state index < -0.39 is 10.8 Å². The molecule has 102 valence electrons. The third kappa shape index (κ3) is 4.06. The van der Waals surface area contributed by atoms with Gasteiger partial charge in [0, 0.05) is 28.9 Å². The minimum atomic E-state index is -0.807. The van der Waals surface area contributed by atoms with Crippen molar-refractivity contribution in [2.45, 2.75) is 25.5 Å². The lowest BCUT2D eigenvalue weighted by atomic mass is 10.3. The molecule has 1 heterocycles. The van der Waals surface area contributed by atoms with E-state index in [9.17, 15) is 9.00 Å². The molecule has 2 unspecified atom stereocenters. The second-order valence-corrected chi connectivity index (χ2v) is 6.75. The number of nitrogens with zero attached hydrogens (tertiary/aromatic N) is 1. The topological polar surface area (TPSA) is 68.3 Å². The molecule has 0 fully saturated rings. The number of thiazole rings is 1. The fourth-order valence-electron chi connectivity index (χ4n) is 1.30. The average molecular weight is 290 g/mol. The molecular weight excluding hydrogens is 272 g/mol. The zero-order valence-corrected chi connectivity index (χ0v) is 12.6. The van der Waals surface area contributed by atoms with Crippen molar-refractivity contribution in [2.75, 3.05) is 25.2 Å². The minimum Gasteiger partial charge on any atom is -0.465 e. The Kier molecular flexibility index (Phi) is 5.74. The molecule has 0 spiro atoms. The predicted octanol–water partition coefficient (Wildman–Crippen LogP) is 1.81. The first-order chi connectivity index (χ1) is 8.45. The minimum absolute atomic E-state index is 0.152. The summed E-state index contributed by atoms with van der Waals surface area (Å²) in [5.41, 5.74) is 0.668. The van der Waals surface area contributed by atoms with Crippen molar-refractivity contribution in [1.82, 2.24) is 4.98 Å². The standard InChI is InChI=1S/C11H18N2O3S2/c1-7(18(4)15)5-6-12-11-13-8(2)9(17-11)10(14)16-3/h7H,5-6H2,1-4H3,(H,12,13). The van der Waals surface area contributed by atoms with Crippen LogP contribution in [0.4, 0.5) is 5.13 Å². The van der Waals surface area contributed by atoms with Crippen molar-refractivity contribution >= 4 is 33.2 Å². The van der Waals surface area contributed by atoms with Crippen LogP contribution < -0.4 is 5.32 Å². The Morgan fingerprint density at radius 1 is 1.61 bits per heavy atom. The van der Waals surface area contributed by atoms with E-state index in [0.29, 0.717) is 22.2 Å². The number of nitrogens with one attached hydrogen (secondary N) is 1. The van der Waals surface area contributed by atoms with Crippen molar-refractivity contribution in [3.63, 3.8) is 0 Å². The van der Waals surface area contributed by atoms with Gasteiger partial charge in [0.2, 0.25) is 0 Å². The number of carbonyl (C=O) groups is 1. The maximum Gasteiger partial charge on any atom is 0.350 e. The first-order valence-corrected chi connectivity index (χ1v) is 8.01. The number of carbonyl (C=O) groups excluding carboxylic acids is 1. The summed E-state index contributed by atoms with van der Waals surface area (Å²) in [4.78, 5) is 16.2. The Morgan fingerprint density at radius 3 is 2.83 bits per heavy atom. The SMILES string of the molecule is COC(=O)c1sc(NCCC(C)S(C)=O)nc1C. The Labute approximate surface area is 113 Å². The highest BCUT2D eigenvalue weighted by Crippen LogP contribution is 2.23. The summed E-state index contributed by atoms with van der Waals surface area (Å²) in [6, 6.07) is 0. The number of hydrogen-bond acceptors (Lipinski definition) is 6. The van der Waals surface area contributed by atoms with Crippen LogP contribution in [0, 0.1) is 6.92 Å². The van der Waals surface area contributed by atoms with E-state index in [4.69, 9.17) is 0 Å². The summed E-state index contributed by atoms with van der Waals surface area (Å²) in [5.74, 6) is -0.360. The molecule has 7 heteroatoms. The molecule has 0 bridgehead atoms. The van der Waals surface area contributed by atoms with E-state index in [1.165, 1.54) is 18.4 Å². The zero-order chi connectivity index (χ0) is 13.7. The summed E-state index contributed by atoms with van der Waals surface area (Å²) in [6.45, 7) is 4.41. The van der Waals surface area contributed by atoms with Crippen LogP contribution in [0.3, 0.4) is 0 Å². The van der Waals surface area contributed by atoms with Gasteiger partial charge in [0.15, 0.2) is 5.13 Å². The van der Waals surface area contributed by atoms with E-state index in [2.05, 4.69) is 15.0 Å². The van der Waals surface area contributed by atoms with Gasteiger partial charge in [0.1, 0.15) is 4.88 Å². The van der Waals surface area contributed by atoms with Gasteiger partial charge in [-0.2, -0.15) is 0 Å². The molecule has 5 nitrogen and oxygen atoms in total. The number of hydrogen-bond donors (Lipinski definition) is 1. The number of aromatic nitrogens is 1. The van der Waals surface area contributed by atoms with E-state index >= 15 is 0 Å². The van der Waals surface area contributed by atoms with Gasteiger partial charge in [0.25, 0.3) is 0 Å².